The number of pyridine rings is 1. The van der Waals surface area contributed by atoms with Crippen LogP contribution in [0.5, 0.6) is 0 Å². The van der Waals surface area contributed by atoms with Gasteiger partial charge in [-0.2, -0.15) is 0 Å². The fourth-order valence-corrected chi connectivity index (χ4v) is 2.93. The number of hydrogen-bond acceptors (Lipinski definition) is 5. The minimum Gasteiger partial charge on any atom is -0.367 e. The highest BCUT2D eigenvalue weighted by Gasteiger charge is 2.23. The third-order valence-corrected chi connectivity index (χ3v) is 4.74. The number of rotatable bonds is 7. The Labute approximate surface area is 164 Å². The molecule has 1 fully saturated rings. The maximum Gasteiger partial charge on any atom is 0.272 e. The molecule has 1 aromatic carbocycles. The first-order valence-corrected chi connectivity index (χ1v) is 9.54. The number of anilines is 1. The van der Waals surface area contributed by atoms with Crippen molar-refractivity contribution in [1.29, 1.82) is 0 Å². The normalized spacial score (nSPS) is 13.2. The van der Waals surface area contributed by atoms with Gasteiger partial charge in [0.25, 0.3) is 5.91 Å². The summed E-state index contributed by atoms with van der Waals surface area (Å²) in [7, 11) is 1.81. The van der Waals surface area contributed by atoms with Crippen LogP contribution in [-0.2, 0) is 6.42 Å². The number of likely N-dealkylation sites (N-methyl/N-ethyl adjacent to an activating group) is 1. The molecule has 142 valence electrons. The number of nitrogens with zero attached hydrogens (tertiary/aromatic N) is 4. The molecule has 0 saturated heterocycles. The van der Waals surface area contributed by atoms with E-state index in [1.54, 1.807) is 23.4 Å². The van der Waals surface area contributed by atoms with Crippen LogP contribution in [-0.4, -0.2) is 45.4 Å². The first kappa shape index (κ1) is 18.1. The quantitative estimate of drug-likeness (QED) is 0.687. The molecular weight excluding hydrogens is 350 g/mol. The number of benzene rings is 1. The summed E-state index contributed by atoms with van der Waals surface area (Å²) in [5, 5.41) is 3.39. The van der Waals surface area contributed by atoms with Crippen molar-refractivity contribution in [3.8, 4) is 11.4 Å². The molecule has 0 spiro atoms. The Morgan fingerprint density at radius 2 is 1.86 bits per heavy atom. The van der Waals surface area contributed by atoms with Gasteiger partial charge in [0.2, 0.25) is 0 Å². The van der Waals surface area contributed by atoms with E-state index in [0.717, 1.165) is 30.4 Å². The summed E-state index contributed by atoms with van der Waals surface area (Å²) in [6.45, 7) is 0.610. The van der Waals surface area contributed by atoms with Crippen molar-refractivity contribution in [3.63, 3.8) is 0 Å². The molecule has 3 aromatic rings. The van der Waals surface area contributed by atoms with Crippen molar-refractivity contribution in [2.45, 2.75) is 25.3 Å². The summed E-state index contributed by atoms with van der Waals surface area (Å²) in [5.74, 6) is 1.17. The predicted octanol–water partition coefficient (Wildman–Crippen LogP) is 3.43. The molecule has 1 aliphatic carbocycles. The zero-order chi connectivity index (χ0) is 19.3. The lowest BCUT2D eigenvalue weighted by atomic mass is 10.2. The van der Waals surface area contributed by atoms with E-state index < -0.39 is 0 Å². The van der Waals surface area contributed by atoms with Gasteiger partial charge in [-0.05, 0) is 37.0 Å². The first-order chi connectivity index (χ1) is 13.7. The standard InChI is InChI=1S/C22H23N5O/c1-27(14-11-16-9-12-23-13-10-16)22(28)19-15-20(24-18-7-8-18)26-21(25-19)17-5-3-2-4-6-17/h2-6,9-10,12-13,15,18H,7-8,11,14H2,1H3,(H,24,25,26). The van der Waals surface area contributed by atoms with E-state index in [4.69, 9.17) is 0 Å². The molecule has 1 amide bonds. The largest absolute Gasteiger partial charge is 0.367 e. The van der Waals surface area contributed by atoms with Crippen LogP contribution in [0.25, 0.3) is 11.4 Å². The Morgan fingerprint density at radius 1 is 1.11 bits per heavy atom. The Bertz CT molecular complexity index is 942. The summed E-state index contributed by atoms with van der Waals surface area (Å²) in [4.78, 5) is 27.9. The van der Waals surface area contributed by atoms with Crippen LogP contribution in [0.4, 0.5) is 5.82 Å². The third-order valence-electron chi connectivity index (χ3n) is 4.74. The van der Waals surface area contributed by atoms with Crippen molar-refractivity contribution in [1.82, 2.24) is 19.9 Å². The highest BCUT2D eigenvalue weighted by molar-refractivity contribution is 5.93. The van der Waals surface area contributed by atoms with Gasteiger partial charge in [-0.25, -0.2) is 9.97 Å². The van der Waals surface area contributed by atoms with Gasteiger partial charge in [0.15, 0.2) is 5.82 Å². The van der Waals surface area contributed by atoms with E-state index in [1.807, 2.05) is 49.5 Å². The van der Waals surface area contributed by atoms with Gasteiger partial charge in [0.1, 0.15) is 11.5 Å². The molecule has 1 N–H and O–H groups in total. The average molecular weight is 373 g/mol. The van der Waals surface area contributed by atoms with Crippen LogP contribution < -0.4 is 5.32 Å². The Kier molecular flexibility index (Phi) is 5.28. The van der Waals surface area contributed by atoms with Crippen LogP contribution in [0.1, 0.15) is 28.9 Å². The molecule has 0 bridgehead atoms. The molecular formula is C22H23N5O. The van der Waals surface area contributed by atoms with Crippen molar-refractivity contribution in [2.75, 3.05) is 18.9 Å². The van der Waals surface area contributed by atoms with Gasteiger partial charge in [-0.1, -0.05) is 30.3 Å². The number of carbonyl (C=O) groups excluding carboxylic acids is 1. The van der Waals surface area contributed by atoms with Crippen LogP contribution in [0.3, 0.4) is 0 Å². The first-order valence-electron chi connectivity index (χ1n) is 9.54. The smallest absolute Gasteiger partial charge is 0.272 e. The van der Waals surface area contributed by atoms with E-state index in [9.17, 15) is 4.79 Å². The molecule has 6 heteroatoms. The van der Waals surface area contributed by atoms with Gasteiger partial charge in [-0.15, -0.1) is 0 Å². The van der Waals surface area contributed by atoms with Gasteiger partial charge in [-0.3, -0.25) is 9.78 Å². The minimum absolute atomic E-state index is 0.104. The number of nitrogens with one attached hydrogen (secondary N) is 1. The summed E-state index contributed by atoms with van der Waals surface area (Å²) in [5.41, 5.74) is 2.46. The van der Waals surface area contributed by atoms with Crippen molar-refractivity contribution < 1.29 is 4.79 Å². The van der Waals surface area contributed by atoms with Crippen LogP contribution in [0.15, 0.2) is 60.9 Å². The van der Waals surface area contributed by atoms with Crippen LogP contribution in [0.2, 0.25) is 0 Å². The SMILES string of the molecule is CN(CCc1ccncc1)C(=O)c1cc(NC2CC2)nc(-c2ccccc2)n1. The fourth-order valence-electron chi connectivity index (χ4n) is 2.93. The number of amides is 1. The molecule has 0 aliphatic heterocycles. The van der Waals surface area contributed by atoms with Crippen LogP contribution >= 0.6 is 0 Å². The fraction of sp³-hybridized carbons (Fsp3) is 0.273. The number of hydrogen-bond donors (Lipinski definition) is 1. The van der Waals surface area contributed by atoms with Gasteiger partial charge in [0, 0.05) is 43.7 Å². The third kappa shape index (κ3) is 4.52. The Balaban J connectivity index is 1.55. The minimum atomic E-state index is -0.104. The predicted molar refractivity (Wildman–Crippen MR) is 109 cm³/mol. The van der Waals surface area contributed by atoms with Gasteiger partial charge < -0.3 is 10.2 Å². The molecule has 0 radical (unpaired) electrons. The second-order valence-corrected chi connectivity index (χ2v) is 7.08. The lowest BCUT2D eigenvalue weighted by Gasteiger charge is -2.18. The molecule has 1 saturated carbocycles. The summed E-state index contributed by atoms with van der Waals surface area (Å²) in [6.07, 6.45) is 6.58. The van der Waals surface area contributed by atoms with E-state index in [0.29, 0.717) is 29.9 Å². The molecule has 28 heavy (non-hydrogen) atoms. The van der Waals surface area contributed by atoms with E-state index >= 15 is 0 Å². The van der Waals surface area contributed by atoms with Crippen molar-refractivity contribution in [2.24, 2.45) is 0 Å². The molecule has 1 aliphatic rings. The monoisotopic (exact) mass is 373 g/mol. The molecule has 2 heterocycles. The Hall–Kier alpha value is -3.28. The van der Waals surface area contributed by atoms with Gasteiger partial charge >= 0.3 is 0 Å². The van der Waals surface area contributed by atoms with Crippen LogP contribution in [0, 0.1) is 0 Å². The van der Waals surface area contributed by atoms with Gasteiger partial charge in [0.05, 0.1) is 0 Å². The maximum atomic E-state index is 13.0. The zero-order valence-corrected chi connectivity index (χ0v) is 15.9. The molecule has 2 aromatic heterocycles. The summed E-state index contributed by atoms with van der Waals surface area (Å²) in [6, 6.07) is 15.9. The highest BCUT2D eigenvalue weighted by atomic mass is 16.2. The summed E-state index contributed by atoms with van der Waals surface area (Å²) >= 11 is 0. The van der Waals surface area contributed by atoms with Crippen molar-refractivity contribution in [3.05, 3.63) is 72.2 Å². The Morgan fingerprint density at radius 3 is 2.57 bits per heavy atom. The lowest BCUT2D eigenvalue weighted by molar-refractivity contribution is 0.0791. The van der Waals surface area contributed by atoms with Crippen molar-refractivity contribution >= 4 is 11.7 Å². The topological polar surface area (TPSA) is 71.0 Å². The van der Waals surface area contributed by atoms with E-state index in [2.05, 4.69) is 20.3 Å². The summed E-state index contributed by atoms with van der Waals surface area (Å²) < 4.78 is 0. The maximum absolute atomic E-state index is 13.0. The zero-order valence-electron chi connectivity index (χ0n) is 15.9. The average Bonchev–Trinajstić information content (AvgIpc) is 3.56. The molecule has 6 nitrogen and oxygen atoms in total. The second-order valence-electron chi connectivity index (χ2n) is 7.08. The lowest BCUT2D eigenvalue weighted by Crippen LogP contribution is -2.30. The molecule has 0 unspecified atom stereocenters. The molecule has 0 atom stereocenters. The molecule has 4 rings (SSSR count). The van der Waals surface area contributed by atoms with E-state index in [1.165, 1.54) is 0 Å². The number of carbonyl (C=O) groups is 1. The second kappa shape index (κ2) is 8.17. The van der Waals surface area contributed by atoms with E-state index in [-0.39, 0.29) is 5.91 Å². The number of aromatic nitrogens is 3. The highest BCUT2D eigenvalue weighted by Crippen LogP contribution is 2.25.